The highest BCUT2D eigenvalue weighted by atomic mass is 32.2. The molecule has 2 amide bonds. The summed E-state index contributed by atoms with van der Waals surface area (Å²) >= 11 is 3.16. The van der Waals surface area contributed by atoms with Crippen LogP contribution in [0, 0.1) is 11.8 Å². The van der Waals surface area contributed by atoms with Crippen molar-refractivity contribution in [3.8, 4) is 0 Å². The number of imide groups is 1. The third kappa shape index (κ3) is 2.39. The van der Waals surface area contributed by atoms with E-state index in [1.807, 2.05) is 29.1 Å². The number of amides is 2. The molecule has 0 aliphatic carbocycles. The molecule has 8 heteroatoms. The standard InChI is InChI=1S/C16H20N2O4S2/c1-18-13(19)10-11(14(18)20)16(6-8-23-3,15(21)22-2)17-12(10)9-5-4-7-24-9/h4-5,7,10-12,17H,6,8H2,1-3H3/p+1/t10-,11-,12-,16+/m0/s1. The molecule has 4 atom stereocenters. The number of carbonyl (C=O) groups excluding carboxylic acids is 3. The Labute approximate surface area is 148 Å². The number of ether oxygens (including phenoxy) is 1. The minimum atomic E-state index is -1.03. The number of hydrogen-bond acceptors (Lipinski definition) is 6. The lowest BCUT2D eigenvalue weighted by Gasteiger charge is -2.28. The van der Waals surface area contributed by atoms with Crippen molar-refractivity contribution in [2.45, 2.75) is 18.0 Å². The largest absolute Gasteiger partial charge is 0.464 e. The molecular formula is C16H21N2O4S2+. The zero-order chi connectivity index (χ0) is 17.5. The van der Waals surface area contributed by atoms with Gasteiger partial charge in [0.2, 0.25) is 17.4 Å². The summed E-state index contributed by atoms with van der Waals surface area (Å²) in [5, 5.41) is 3.86. The minimum absolute atomic E-state index is 0.199. The number of carbonyl (C=O) groups is 3. The van der Waals surface area contributed by atoms with Gasteiger partial charge in [-0.2, -0.15) is 11.8 Å². The lowest BCUT2D eigenvalue weighted by atomic mass is 9.78. The number of fused-ring (bicyclic) bond motifs is 1. The monoisotopic (exact) mass is 369 g/mol. The van der Waals surface area contributed by atoms with Crippen LogP contribution in [0.3, 0.4) is 0 Å². The molecule has 3 rings (SSSR count). The van der Waals surface area contributed by atoms with E-state index in [1.165, 1.54) is 19.1 Å². The molecule has 24 heavy (non-hydrogen) atoms. The van der Waals surface area contributed by atoms with Gasteiger partial charge in [0, 0.05) is 13.5 Å². The van der Waals surface area contributed by atoms with Crippen molar-refractivity contribution in [1.29, 1.82) is 0 Å². The van der Waals surface area contributed by atoms with Gasteiger partial charge in [0.15, 0.2) is 0 Å². The highest BCUT2D eigenvalue weighted by Gasteiger charge is 2.71. The van der Waals surface area contributed by atoms with Gasteiger partial charge in [0.1, 0.15) is 17.9 Å². The highest BCUT2D eigenvalue weighted by molar-refractivity contribution is 7.98. The lowest BCUT2D eigenvalue weighted by molar-refractivity contribution is -0.734. The van der Waals surface area contributed by atoms with Gasteiger partial charge in [-0.05, 0) is 23.5 Å². The zero-order valence-corrected chi connectivity index (χ0v) is 15.5. The predicted octanol–water partition coefficient (Wildman–Crippen LogP) is 0.262. The molecule has 0 radical (unpaired) electrons. The van der Waals surface area contributed by atoms with Crippen molar-refractivity contribution in [3.63, 3.8) is 0 Å². The molecule has 0 bridgehead atoms. The van der Waals surface area contributed by atoms with Crippen LogP contribution in [0.2, 0.25) is 0 Å². The second-order valence-electron chi connectivity index (χ2n) is 6.22. The Morgan fingerprint density at radius 3 is 2.79 bits per heavy atom. The summed E-state index contributed by atoms with van der Waals surface area (Å²) in [5.74, 6) is -1.34. The Morgan fingerprint density at radius 1 is 1.46 bits per heavy atom. The van der Waals surface area contributed by atoms with Crippen molar-refractivity contribution in [1.82, 2.24) is 4.90 Å². The number of nitrogens with two attached hydrogens (primary N) is 1. The Morgan fingerprint density at radius 2 is 2.21 bits per heavy atom. The molecule has 2 fully saturated rings. The van der Waals surface area contributed by atoms with Crippen molar-refractivity contribution in [2.24, 2.45) is 11.8 Å². The SMILES string of the molecule is COC(=O)[C@]1(CCSC)[NH2+][C@@H](c2cccs2)[C@H]2C(=O)N(C)C(=O)[C@H]21. The van der Waals surface area contributed by atoms with E-state index in [-0.39, 0.29) is 17.9 Å². The van der Waals surface area contributed by atoms with Crippen LogP contribution >= 0.6 is 23.1 Å². The summed E-state index contributed by atoms with van der Waals surface area (Å²) in [6.45, 7) is 0. The van der Waals surface area contributed by atoms with E-state index >= 15 is 0 Å². The van der Waals surface area contributed by atoms with E-state index < -0.39 is 23.3 Å². The average molecular weight is 369 g/mol. The van der Waals surface area contributed by atoms with Crippen molar-refractivity contribution >= 4 is 40.9 Å². The van der Waals surface area contributed by atoms with Crippen LogP contribution in [0.4, 0.5) is 0 Å². The van der Waals surface area contributed by atoms with Gasteiger partial charge < -0.3 is 10.1 Å². The number of likely N-dealkylation sites (tertiary alicyclic amines) is 1. The molecule has 3 heterocycles. The maximum Gasteiger partial charge on any atom is 0.368 e. The zero-order valence-electron chi connectivity index (χ0n) is 13.9. The van der Waals surface area contributed by atoms with Gasteiger partial charge in [0.25, 0.3) is 0 Å². The summed E-state index contributed by atoms with van der Waals surface area (Å²) in [4.78, 5) is 40.4. The molecule has 2 aliphatic rings. The molecule has 0 spiro atoms. The van der Waals surface area contributed by atoms with Crippen LogP contribution in [-0.4, -0.2) is 54.4 Å². The fraction of sp³-hybridized carbons (Fsp3) is 0.562. The van der Waals surface area contributed by atoms with Crippen LogP contribution in [0.1, 0.15) is 17.3 Å². The van der Waals surface area contributed by atoms with Crippen LogP contribution in [-0.2, 0) is 19.1 Å². The molecule has 0 aromatic carbocycles. The number of nitrogens with zero attached hydrogens (tertiary/aromatic N) is 1. The fourth-order valence-electron chi connectivity index (χ4n) is 4.00. The topological polar surface area (TPSA) is 80.3 Å². The molecule has 1 aromatic rings. The highest BCUT2D eigenvalue weighted by Crippen LogP contribution is 2.46. The molecule has 6 nitrogen and oxygen atoms in total. The molecule has 0 saturated carbocycles. The first kappa shape index (κ1) is 17.4. The van der Waals surface area contributed by atoms with Crippen LogP contribution < -0.4 is 5.32 Å². The maximum absolute atomic E-state index is 12.8. The first-order valence-electron chi connectivity index (χ1n) is 7.76. The third-order valence-electron chi connectivity index (χ3n) is 5.15. The number of quaternary nitrogens is 1. The number of hydrogen-bond donors (Lipinski definition) is 1. The van der Waals surface area contributed by atoms with E-state index in [0.717, 1.165) is 10.6 Å². The van der Waals surface area contributed by atoms with Crippen molar-refractivity contribution < 1.29 is 24.4 Å². The number of thiophene rings is 1. The molecule has 2 N–H and O–H groups in total. The summed E-state index contributed by atoms with van der Waals surface area (Å²) in [7, 11) is 2.85. The average Bonchev–Trinajstić information content (AvgIpc) is 3.27. The van der Waals surface area contributed by atoms with Crippen molar-refractivity contribution in [2.75, 3.05) is 26.2 Å². The molecule has 2 saturated heterocycles. The fourth-order valence-corrected chi connectivity index (χ4v) is 5.39. The number of methoxy groups -OCH3 is 1. The van der Waals surface area contributed by atoms with Gasteiger partial charge in [-0.3, -0.25) is 14.5 Å². The van der Waals surface area contributed by atoms with Crippen LogP contribution in [0.25, 0.3) is 0 Å². The van der Waals surface area contributed by atoms with Gasteiger partial charge in [-0.25, -0.2) is 4.79 Å². The molecule has 130 valence electrons. The molecule has 2 aliphatic heterocycles. The van der Waals surface area contributed by atoms with E-state index in [0.29, 0.717) is 6.42 Å². The summed E-state index contributed by atoms with van der Waals surface area (Å²) in [6.07, 6.45) is 2.46. The summed E-state index contributed by atoms with van der Waals surface area (Å²) < 4.78 is 5.07. The van der Waals surface area contributed by atoms with Crippen molar-refractivity contribution in [3.05, 3.63) is 22.4 Å². The Hall–Kier alpha value is -1.38. The van der Waals surface area contributed by atoms with Gasteiger partial charge in [-0.1, -0.05) is 6.07 Å². The summed E-state index contributed by atoms with van der Waals surface area (Å²) in [5.41, 5.74) is -1.03. The van der Waals surface area contributed by atoms with E-state index in [1.54, 1.807) is 23.1 Å². The first-order valence-corrected chi connectivity index (χ1v) is 10.0. The maximum atomic E-state index is 12.8. The Balaban J connectivity index is 2.10. The van der Waals surface area contributed by atoms with E-state index in [9.17, 15) is 14.4 Å². The van der Waals surface area contributed by atoms with E-state index in [4.69, 9.17) is 4.74 Å². The number of rotatable bonds is 5. The smallest absolute Gasteiger partial charge is 0.368 e. The number of thioether (sulfide) groups is 1. The second-order valence-corrected chi connectivity index (χ2v) is 8.19. The van der Waals surface area contributed by atoms with Gasteiger partial charge in [0.05, 0.1) is 12.0 Å². The van der Waals surface area contributed by atoms with E-state index in [2.05, 4.69) is 0 Å². The first-order chi connectivity index (χ1) is 11.5. The van der Waals surface area contributed by atoms with Gasteiger partial charge >= 0.3 is 5.97 Å². The second kappa shape index (κ2) is 6.50. The quantitative estimate of drug-likeness (QED) is 0.595. The third-order valence-corrected chi connectivity index (χ3v) is 6.73. The number of esters is 1. The van der Waals surface area contributed by atoms with Gasteiger partial charge in [-0.15, -0.1) is 11.3 Å². The van der Waals surface area contributed by atoms with Crippen LogP contribution in [0.5, 0.6) is 0 Å². The molecular weight excluding hydrogens is 348 g/mol. The van der Waals surface area contributed by atoms with Crippen LogP contribution in [0.15, 0.2) is 17.5 Å². The predicted molar refractivity (Wildman–Crippen MR) is 91.5 cm³/mol. The summed E-state index contributed by atoms with van der Waals surface area (Å²) in [6, 6.07) is 3.66. The normalized spacial score (nSPS) is 32.3. The Kier molecular flexibility index (Phi) is 4.72. The molecule has 0 unspecified atom stereocenters. The lowest BCUT2D eigenvalue weighted by Crippen LogP contribution is -2.98. The molecule has 1 aromatic heterocycles. The Bertz CT molecular complexity index is 663. The minimum Gasteiger partial charge on any atom is -0.464 e.